The van der Waals surface area contributed by atoms with E-state index >= 15 is 0 Å². The summed E-state index contributed by atoms with van der Waals surface area (Å²) in [6.07, 6.45) is 0. The van der Waals surface area contributed by atoms with E-state index in [9.17, 15) is 4.79 Å². The molecular formula is C9H6CoO2. The van der Waals surface area contributed by atoms with Crippen LogP contribution >= 0.6 is 0 Å². The molecule has 0 aliphatic heterocycles. The van der Waals surface area contributed by atoms with Gasteiger partial charge in [0.25, 0.3) is 0 Å². The van der Waals surface area contributed by atoms with Crippen LogP contribution in [-0.4, -0.2) is 0 Å². The van der Waals surface area contributed by atoms with Crippen molar-refractivity contribution in [1.29, 1.82) is 0 Å². The Morgan fingerprint density at radius 1 is 1.00 bits per heavy atom. The van der Waals surface area contributed by atoms with Gasteiger partial charge in [0.05, 0.1) is 0 Å². The summed E-state index contributed by atoms with van der Waals surface area (Å²) in [5.41, 5.74) is 0.337. The Kier molecular flexibility index (Phi) is 2.68. The van der Waals surface area contributed by atoms with Crippen LogP contribution in [0.4, 0.5) is 0 Å². The Bertz CT molecular complexity index is 433. The van der Waals surface area contributed by atoms with Gasteiger partial charge in [0.15, 0.2) is 0 Å². The third-order valence-electron chi connectivity index (χ3n) is 1.53. The topological polar surface area (TPSA) is 30.2 Å². The molecule has 0 aliphatic rings. The van der Waals surface area contributed by atoms with Gasteiger partial charge in [0.2, 0.25) is 0 Å². The standard InChI is InChI=1S/C9H6O2.Co/c10-9-6-5-7-3-1-2-4-8(7)11-9;/h1-6H;. The second-order valence-electron chi connectivity index (χ2n) is 2.29. The maximum atomic E-state index is 10.7. The molecule has 0 N–H and O–H groups in total. The molecule has 0 atom stereocenters. The zero-order chi connectivity index (χ0) is 7.68. The molecule has 0 aliphatic carbocycles. The Hall–Kier alpha value is -1.06. The molecule has 1 aromatic carbocycles. The second kappa shape index (κ2) is 3.56. The van der Waals surface area contributed by atoms with Crippen LogP contribution in [0.25, 0.3) is 11.0 Å². The van der Waals surface area contributed by atoms with Crippen LogP contribution in [-0.2, 0) is 16.8 Å². The van der Waals surface area contributed by atoms with Crippen LogP contribution in [0.2, 0.25) is 0 Å². The van der Waals surface area contributed by atoms with E-state index < -0.39 is 0 Å². The molecular weight excluding hydrogens is 199 g/mol. The molecule has 3 heteroatoms. The van der Waals surface area contributed by atoms with Crippen molar-refractivity contribution >= 4 is 11.0 Å². The summed E-state index contributed by atoms with van der Waals surface area (Å²) in [5, 5.41) is 0.951. The molecule has 63 valence electrons. The summed E-state index contributed by atoms with van der Waals surface area (Å²) in [7, 11) is 0. The van der Waals surface area contributed by atoms with E-state index in [4.69, 9.17) is 4.42 Å². The van der Waals surface area contributed by atoms with Crippen molar-refractivity contribution in [2.75, 3.05) is 0 Å². The first-order chi connectivity index (χ1) is 5.36. The summed E-state index contributed by atoms with van der Waals surface area (Å²) in [4.78, 5) is 10.7. The Labute approximate surface area is 79.4 Å². The van der Waals surface area contributed by atoms with Crippen LogP contribution < -0.4 is 5.63 Å². The molecule has 0 saturated heterocycles. The van der Waals surface area contributed by atoms with Crippen molar-refractivity contribution in [3.63, 3.8) is 0 Å². The SMILES string of the molecule is O=c1ccc2ccccc2o1.[Co]. The number of fused-ring (bicyclic) bond motifs is 1. The first kappa shape index (κ1) is 9.03. The Morgan fingerprint density at radius 3 is 2.58 bits per heavy atom. The van der Waals surface area contributed by atoms with Gasteiger partial charge < -0.3 is 4.42 Å². The van der Waals surface area contributed by atoms with Crippen molar-refractivity contribution < 1.29 is 21.2 Å². The van der Waals surface area contributed by atoms with Gasteiger partial charge in [-0.3, -0.25) is 0 Å². The maximum absolute atomic E-state index is 10.7. The van der Waals surface area contributed by atoms with Crippen molar-refractivity contribution in [3.8, 4) is 0 Å². The second-order valence-corrected chi connectivity index (χ2v) is 2.29. The average molecular weight is 205 g/mol. The fourth-order valence-electron chi connectivity index (χ4n) is 1.01. The van der Waals surface area contributed by atoms with E-state index in [1.807, 2.05) is 18.2 Å². The van der Waals surface area contributed by atoms with Crippen molar-refractivity contribution in [2.24, 2.45) is 0 Å². The van der Waals surface area contributed by atoms with Crippen LogP contribution in [0.15, 0.2) is 45.6 Å². The van der Waals surface area contributed by atoms with Gasteiger partial charge in [-0.1, -0.05) is 18.2 Å². The van der Waals surface area contributed by atoms with E-state index in [0.717, 1.165) is 5.39 Å². The number of benzene rings is 1. The largest absolute Gasteiger partial charge is 0.423 e. The van der Waals surface area contributed by atoms with E-state index in [0.29, 0.717) is 5.58 Å². The van der Waals surface area contributed by atoms with E-state index in [1.165, 1.54) is 6.07 Å². The monoisotopic (exact) mass is 205 g/mol. The van der Waals surface area contributed by atoms with E-state index in [-0.39, 0.29) is 22.4 Å². The molecule has 2 rings (SSSR count). The van der Waals surface area contributed by atoms with Crippen molar-refractivity contribution in [3.05, 3.63) is 46.8 Å². The first-order valence-corrected chi connectivity index (χ1v) is 3.35. The number of rotatable bonds is 0. The third-order valence-corrected chi connectivity index (χ3v) is 1.53. The molecule has 0 amide bonds. The molecule has 0 bridgehead atoms. The number of hydrogen-bond acceptors (Lipinski definition) is 2. The van der Waals surface area contributed by atoms with Gasteiger partial charge in [-0.05, 0) is 12.1 Å². The maximum Gasteiger partial charge on any atom is 0.336 e. The number of hydrogen-bond donors (Lipinski definition) is 0. The molecule has 0 saturated carbocycles. The van der Waals surface area contributed by atoms with Crippen LogP contribution in [0.5, 0.6) is 0 Å². The van der Waals surface area contributed by atoms with Crippen LogP contribution in [0, 0.1) is 0 Å². The Balaban J connectivity index is 0.000000720. The quantitative estimate of drug-likeness (QED) is 0.613. The molecule has 2 aromatic rings. The fraction of sp³-hybridized carbons (Fsp3) is 0. The predicted molar refractivity (Wildman–Crippen MR) is 42.5 cm³/mol. The normalized spacial score (nSPS) is 9.33. The molecule has 0 spiro atoms. The summed E-state index contributed by atoms with van der Waals surface area (Å²) < 4.78 is 4.91. The first-order valence-electron chi connectivity index (χ1n) is 3.35. The summed E-state index contributed by atoms with van der Waals surface area (Å²) in [6, 6.07) is 10.6. The third kappa shape index (κ3) is 1.57. The van der Waals surface area contributed by atoms with Gasteiger partial charge in [-0.15, -0.1) is 0 Å². The molecule has 1 aromatic heterocycles. The predicted octanol–water partition coefficient (Wildman–Crippen LogP) is 1.79. The van der Waals surface area contributed by atoms with Gasteiger partial charge in [0.1, 0.15) is 5.58 Å². The van der Waals surface area contributed by atoms with Crippen LogP contribution in [0.1, 0.15) is 0 Å². The van der Waals surface area contributed by atoms with Gasteiger partial charge >= 0.3 is 5.63 Å². The molecule has 12 heavy (non-hydrogen) atoms. The number of para-hydroxylation sites is 1. The van der Waals surface area contributed by atoms with Crippen LogP contribution in [0.3, 0.4) is 0 Å². The summed E-state index contributed by atoms with van der Waals surface area (Å²) in [6.45, 7) is 0. The van der Waals surface area contributed by atoms with Gasteiger partial charge in [-0.25, -0.2) is 4.79 Å². The van der Waals surface area contributed by atoms with E-state index in [2.05, 4.69) is 0 Å². The minimum atomic E-state index is -0.302. The fourth-order valence-corrected chi connectivity index (χ4v) is 1.01. The summed E-state index contributed by atoms with van der Waals surface area (Å²) >= 11 is 0. The van der Waals surface area contributed by atoms with Crippen molar-refractivity contribution in [2.45, 2.75) is 0 Å². The molecule has 0 fully saturated rings. The van der Waals surface area contributed by atoms with Crippen molar-refractivity contribution in [1.82, 2.24) is 0 Å². The van der Waals surface area contributed by atoms with E-state index in [1.54, 1.807) is 12.1 Å². The minimum absolute atomic E-state index is 0. The molecule has 0 unspecified atom stereocenters. The average Bonchev–Trinajstić information content (AvgIpc) is 2.04. The zero-order valence-electron chi connectivity index (χ0n) is 6.11. The summed E-state index contributed by atoms with van der Waals surface area (Å²) in [5.74, 6) is 0. The molecule has 1 heterocycles. The minimum Gasteiger partial charge on any atom is -0.423 e. The molecule has 2 nitrogen and oxygen atoms in total. The van der Waals surface area contributed by atoms with Gasteiger partial charge in [0, 0.05) is 28.2 Å². The zero-order valence-corrected chi connectivity index (χ0v) is 7.15. The molecule has 1 radical (unpaired) electrons. The smallest absolute Gasteiger partial charge is 0.336 e. The van der Waals surface area contributed by atoms with Gasteiger partial charge in [-0.2, -0.15) is 0 Å². The Morgan fingerprint density at radius 2 is 1.75 bits per heavy atom.